The number of benzene rings is 1. The van der Waals surface area contributed by atoms with Gasteiger partial charge in [-0.3, -0.25) is 14.5 Å². The molecule has 1 aromatic carbocycles. The van der Waals surface area contributed by atoms with Crippen LogP contribution in [0.4, 0.5) is 0 Å². The van der Waals surface area contributed by atoms with Gasteiger partial charge >= 0.3 is 5.97 Å². The fourth-order valence-corrected chi connectivity index (χ4v) is 1.86. The van der Waals surface area contributed by atoms with Gasteiger partial charge in [-0.15, -0.1) is 12.4 Å². The maximum atomic E-state index is 11.8. The third kappa shape index (κ3) is 4.51. The largest absolute Gasteiger partial charge is 0.480 e. The van der Waals surface area contributed by atoms with Crippen LogP contribution in [0.2, 0.25) is 0 Å². The molecule has 22 heavy (non-hydrogen) atoms. The van der Waals surface area contributed by atoms with Crippen LogP contribution in [0.15, 0.2) is 18.2 Å². The van der Waals surface area contributed by atoms with E-state index < -0.39 is 12.0 Å². The quantitative estimate of drug-likeness (QED) is 0.804. The molecule has 0 fully saturated rings. The third-order valence-corrected chi connectivity index (χ3v) is 3.34. The first kappa shape index (κ1) is 18.1. The van der Waals surface area contributed by atoms with Crippen LogP contribution in [0.3, 0.4) is 0 Å². The van der Waals surface area contributed by atoms with Gasteiger partial charge in [-0.2, -0.15) is 0 Å². The number of amides is 1. The molecule has 0 aromatic heterocycles. The Bertz CT molecular complexity index is 552. The normalized spacial score (nSPS) is 13.4. The molecule has 7 nitrogen and oxygen atoms in total. The number of carboxylic acid groups (broad SMARTS) is 1. The van der Waals surface area contributed by atoms with Crippen LogP contribution in [0.25, 0.3) is 0 Å². The second-order valence-electron chi connectivity index (χ2n) is 4.89. The predicted molar refractivity (Wildman–Crippen MR) is 81.4 cm³/mol. The number of ether oxygens (including phenoxy) is 2. The van der Waals surface area contributed by atoms with E-state index in [0.717, 1.165) is 5.56 Å². The molecule has 0 radical (unpaired) electrons. The average Bonchev–Trinajstić information content (AvgIpc) is 2.91. The number of nitrogens with zero attached hydrogens (tertiary/aromatic N) is 1. The van der Waals surface area contributed by atoms with E-state index in [-0.39, 0.29) is 31.7 Å². The molecular weight excluding hydrogens is 312 g/mol. The summed E-state index contributed by atoms with van der Waals surface area (Å²) in [5.74, 6) is 0.169. The number of carbonyl (C=O) groups excluding carboxylic acids is 1. The molecule has 1 aliphatic rings. The van der Waals surface area contributed by atoms with Gasteiger partial charge in [0.05, 0.1) is 6.54 Å². The minimum atomic E-state index is -0.957. The number of hydrogen-bond acceptors (Lipinski definition) is 5. The lowest BCUT2D eigenvalue weighted by Crippen LogP contribution is -2.42. The van der Waals surface area contributed by atoms with Gasteiger partial charge in [0.1, 0.15) is 6.04 Å². The number of hydrogen-bond donors (Lipinski definition) is 2. The highest BCUT2D eigenvalue weighted by Gasteiger charge is 2.19. The summed E-state index contributed by atoms with van der Waals surface area (Å²) in [6, 6.07) is 4.74. The molecule has 122 valence electrons. The molecule has 1 unspecified atom stereocenters. The Balaban J connectivity index is 0.00000242. The van der Waals surface area contributed by atoms with Crippen LogP contribution in [-0.2, 0) is 16.1 Å². The maximum absolute atomic E-state index is 11.8. The van der Waals surface area contributed by atoms with Crippen LogP contribution < -0.4 is 14.8 Å². The first-order valence-electron chi connectivity index (χ1n) is 6.55. The Labute approximate surface area is 134 Å². The van der Waals surface area contributed by atoms with E-state index in [1.54, 1.807) is 13.1 Å². The van der Waals surface area contributed by atoms with E-state index >= 15 is 0 Å². The number of nitrogens with one attached hydrogen (secondary N) is 1. The second-order valence-corrected chi connectivity index (χ2v) is 4.89. The van der Waals surface area contributed by atoms with Crippen LogP contribution >= 0.6 is 12.4 Å². The monoisotopic (exact) mass is 330 g/mol. The molecule has 1 atom stereocenters. The molecule has 0 bridgehead atoms. The summed E-state index contributed by atoms with van der Waals surface area (Å²) in [7, 11) is 1.60. The topological polar surface area (TPSA) is 88.1 Å². The van der Waals surface area contributed by atoms with Gasteiger partial charge in [0.25, 0.3) is 0 Å². The highest BCUT2D eigenvalue weighted by molar-refractivity contribution is 5.85. The van der Waals surface area contributed by atoms with Crippen molar-refractivity contribution in [3.05, 3.63) is 23.8 Å². The number of rotatable bonds is 6. The van der Waals surface area contributed by atoms with Crippen molar-refractivity contribution in [1.82, 2.24) is 10.2 Å². The Morgan fingerprint density at radius 1 is 1.36 bits per heavy atom. The minimum absolute atomic E-state index is 0. The summed E-state index contributed by atoms with van der Waals surface area (Å²) < 4.78 is 10.5. The molecule has 0 saturated carbocycles. The lowest BCUT2D eigenvalue weighted by atomic mass is 10.2. The molecule has 1 aliphatic heterocycles. The van der Waals surface area contributed by atoms with Crippen LogP contribution in [-0.4, -0.2) is 48.3 Å². The van der Waals surface area contributed by atoms with Crippen molar-refractivity contribution >= 4 is 24.3 Å². The number of likely N-dealkylation sites (N-methyl/N-ethyl adjacent to an activating group) is 1. The second kappa shape index (κ2) is 7.86. The van der Waals surface area contributed by atoms with Crippen molar-refractivity contribution < 1.29 is 24.2 Å². The highest BCUT2D eigenvalue weighted by Crippen LogP contribution is 2.32. The van der Waals surface area contributed by atoms with Crippen molar-refractivity contribution in [1.29, 1.82) is 0 Å². The number of halogens is 1. The van der Waals surface area contributed by atoms with E-state index in [2.05, 4.69) is 5.32 Å². The molecular formula is C14H19ClN2O5. The molecule has 8 heteroatoms. The lowest BCUT2D eigenvalue weighted by molar-refractivity contribution is -0.142. The van der Waals surface area contributed by atoms with Gasteiger partial charge in [0.2, 0.25) is 12.7 Å². The Hall–Kier alpha value is -1.99. The highest BCUT2D eigenvalue weighted by atomic mass is 35.5. The maximum Gasteiger partial charge on any atom is 0.320 e. The molecule has 0 saturated heterocycles. The number of aliphatic carboxylic acids is 1. The molecule has 1 aromatic rings. The molecule has 2 rings (SSSR count). The summed E-state index contributed by atoms with van der Waals surface area (Å²) in [5, 5.41) is 11.6. The fourth-order valence-electron chi connectivity index (χ4n) is 1.86. The van der Waals surface area contributed by atoms with Crippen molar-refractivity contribution in [3.8, 4) is 11.5 Å². The molecule has 0 spiro atoms. The van der Waals surface area contributed by atoms with Crippen LogP contribution in [0.5, 0.6) is 11.5 Å². The van der Waals surface area contributed by atoms with Crippen LogP contribution in [0, 0.1) is 0 Å². The third-order valence-electron chi connectivity index (χ3n) is 3.34. The van der Waals surface area contributed by atoms with Gasteiger partial charge < -0.3 is 19.9 Å². The van der Waals surface area contributed by atoms with E-state index in [1.165, 1.54) is 11.8 Å². The smallest absolute Gasteiger partial charge is 0.320 e. The summed E-state index contributed by atoms with van der Waals surface area (Å²) in [6.45, 7) is 2.12. The summed E-state index contributed by atoms with van der Waals surface area (Å²) in [6.07, 6.45) is 0. The van der Waals surface area contributed by atoms with Crippen molar-refractivity contribution in [2.45, 2.75) is 19.5 Å². The van der Waals surface area contributed by atoms with Gasteiger partial charge in [-0.1, -0.05) is 6.07 Å². The van der Waals surface area contributed by atoms with Crippen molar-refractivity contribution in [2.75, 3.05) is 20.4 Å². The predicted octanol–water partition coefficient (Wildman–Crippen LogP) is 0.858. The summed E-state index contributed by atoms with van der Waals surface area (Å²) in [5.41, 5.74) is 0.890. The van der Waals surface area contributed by atoms with E-state index in [0.29, 0.717) is 18.0 Å². The Morgan fingerprint density at radius 2 is 2.05 bits per heavy atom. The lowest BCUT2D eigenvalue weighted by Gasteiger charge is -2.20. The Kier molecular flexibility index (Phi) is 6.45. The number of carboxylic acids is 1. The van der Waals surface area contributed by atoms with Gasteiger partial charge in [0, 0.05) is 6.54 Å². The standard InChI is InChI=1S/C14H18N2O5.ClH/c1-9(14(18)19)16(2)7-13(17)15-6-10-3-4-11-12(5-10)21-8-20-11;/h3-5,9H,6-8H2,1-2H3,(H,15,17)(H,18,19);1H. The first-order valence-corrected chi connectivity index (χ1v) is 6.55. The molecule has 2 N–H and O–H groups in total. The molecule has 0 aliphatic carbocycles. The minimum Gasteiger partial charge on any atom is -0.480 e. The summed E-state index contributed by atoms with van der Waals surface area (Å²) in [4.78, 5) is 24.1. The van der Waals surface area contributed by atoms with Gasteiger partial charge in [-0.05, 0) is 31.7 Å². The van der Waals surface area contributed by atoms with E-state index in [1.807, 2.05) is 12.1 Å². The zero-order valence-corrected chi connectivity index (χ0v) is 13.2. The van der Waals surface area contributed by atoms with E-state index in [4.69, 9.17) is 14.6 Å². The van der Waals surface area contributed by atoms with Crippen molar-refractivity contribution in [2.24, 2.45) is 0 Å². The number of fused-ring (bicyclic) bond motifs is 1. The average molecular weight is 331 g/mol. The first-order chi connectivity index (χ1) is 9.97. The molecule has 1 amide bonds. The van der Waals surface area contributed by atoms with Gasteiger partial charge in [0.15, 0.2) is 11.5 Å². The van der Waals surface area contributed by atoms with E-state index in [9.17, 15) is 9.59 Å². The zero-order valence-electron chi connectivity index (χ0n) is 12.4. The molecule has 1 heterocycles. The van der Waals surface area contributed by atoms with Crippen LogP contribution in [0.1, 0.15) is 12.5 Å². The SMILES string of the molecule is CC(C(=O)O)N(C)CC(=O)NCc1ccc2c(c1)OCO2.Cl. The fraction of sp³-hybridized carbons (Fsp3) is 0.429. The summed E-state index contributed by atoms with van der Waals surface area (Å²) >= 11 is 0. The van der Waals surface area contributed by atoms with Crippen molar-refractivity contribution in [3.63, 3.8) is 0 Å². The zero-order chi connectivity index (χ0) is 15.4. The Morgan fingerprint density at radius 3 is 2.73 bits per heavy atom. The van der Waals surface area contributed by atoms with Gasteiger partial charge in [-0.25, -0.2) is 0 Å². The number of carbonyl (C=O) groups is 2.